The maximum absolute atomic E-state index is 9.66. The Morgan fingerprint density at radius 1 is 1.67 bits per heavy atom. The average Bonchev–Trinajstić information content (AvgIpc) is 1.91. The highest BCUT2D eigenvalue weighted by Gasteiger charge is 1.88. The van der Waals surface area contributed by atoms with E-state index in [0.29, 0.717) is 5.69 Å². The van der Waals surface area contributed by atoms with Gasteiger partial charge in [0, 0.05) is 6.20 Å². The maximum Gasteiger partial charge on any atom is 0.123 e. The highest BCUT2D eigenvalue weighted by Crippen LogP contribution is 1.91. The Balaban J connectivity index is 2.72. The van der Waals surface area contributed by atoms with Crippen LogP contribution in [-0.4, -0.2) is 9.97 Å². The standard InChI is InChI=1S/C5H5N3O/c9-8-3-5-1-2-6-4-7-5/h1-2,4H,3H2. The van der Waals surface area contributed by atoms with Crippen LogP contribution in [0.15, 0.2) is 23.8 Å². The van der Waals surface area contributed by atoms with E-state index >= 15 is 0 Å². The molecule has 0 unspecified atom stereocenters. The van der Waals surface area contributed by atoms with Crippen molar-refractivity contribution < 1.29 is 0 Å². The third-order valence-corrected chi connectivity index (χ3v) is 0.870. The zero-order valence-electron chi connectivity index (χ0n) is 4.69. The lowest BCUT2D eigenvalue weighted by atomic mass is 10.4. The van der Waals surface area contributed by atoms with E-state index in [9.17, 15) is 4.91 Å². The fourth-order valence-electron chi connectivity index (χ4n) is 0.478. The Bertz CT molecular complexity index is 187. The molecule has 0 aromatic carbocycles. The number of nitrogens with zero attached hydrogens (tertiary/aromatic N) is 3. The van der Waals surface area contributed by atoms with Crippen LogP contribution in [0.1, 0.15) is 5.69 Å². The lowest BCUT2D eigenvalue weighted by Gasteiger charge is -1.86. The minimum atomic E-state index is 0.127. The van der Waals surface area contributed by atoms with Gasteiger partial charge in [-0.1, -0.05) is 5.18 Å². The molecule has 0 aliphatic carbocycles. The van der Waals surface area contributed by atoms with Crippen molar-refractivity contribution in [2.75, 3.05) is 0 Å². The Morgan fingerprint density at radius 2 is 2.56 bits per heavy atom. The first-order valence-electron chi connectivity index (χ1n) is 2.47. The maximum atomic E-state index is 9.66. The predicted molar refractivity (Wildman–Crippen MR) is 31.5 cm³/mol. The van der Waals surface area contributed by atoms with Crippen LogP contribution >= 0.6 is 0 Å². The largest absolute Gasteiger partial charge is 0.245 e. The fourth-order valence-corrected chi connectivity index (χ4v) is 0.478. The average molecular weight is 123 g/mol. The molecule has 0 N–H and O–H groups in total. The summed E-state index contributed by atoms with van der Waals surface area (Å²) < 4.78 is 0. The number of hydrogen-bond acceptors (Lipinski definition) is 4. The second-order valence-electron chi connectivity index (χ2n) is 1.49. The van der Waals surface area contributed by atoms with Crippen molar-refractivity contribution in [3.05, 3.63) is 29.2 Å². The summed E-state index contributed by atoms with van der Waals surface area (Å²) >= 11 is 0. The second kappa shape index (κ2) is 2.86. The molecule has 0 saturated heterocycles. The third kappa shape index (κ3) is 1.56. The zero-order valence-corrected chi connectivity index (χ0v) is 4.69. The molecular weight excluding hydrogens is 118 g/mol. The van der Waals surface area contributed by atoms with Crippen LogP contribution < -0.4 is 0 Å². The molecule has 0 aliphatic rings. The lowest BCUT2D eigenvalue weighted by Crippen LogP contribution is -1.85. The van der Waals surface area contributed by atoms with Gasteiger partial charge in [0.2, 0.25) is 0 Å². The number of nitroso groups, excluding NO2 is 1. The second-order valence-corrected chi connectivity index (χ2v) is 1.49. The summed E-state index contributed by atoms with van der Waals surface area (Å²) in [4.78, 5) is 17.1. The van der Waals surface area contributed by atoms with Crippen LogP contribution in [0.5, 0.6) is 0 Å². The summed E-state index contributed by atoms with van der Waals surface area (Å²) in [5.41, 5.74) is 0.653. The molecule has 0 amide bonds. The molecule has 0 aliphatic heterocycles. The van der Waals surface area contributed by atoms with Crippen molar-refractivity contribution in [2.24, 2.45) is 5.18 Å². The van der Waals surface area contributed by atoms with Crippen molar-refractivity contribution in [1.29, 1.82) is 0 Å². The Labute approximate surface area is 51.9 Å². The van der Waals surface area contributed by atoms with Crippen molar-refractivity contribution in [2.45, 2.75) is 6.54 Å². The topological polar surface area (TPSA) is 55.2 Å². The molecule has 0 spiro atoms. The van der Waals surface area contributed by atoms with Gasteiger partial charge in [0.1, 0.15) is 12.9 Å². The van der Waals surface area contributed by atoms with Crippen molar-refractivity contribution in [1.82, 2.24) is 9.97 Å². The number of aromatic nitrogens is 2. The Hall–Kier alpha value is -1.32. The summed E-state index contributed by atoms with van der Waals surface area (Å²) in [6.45, 7) is 0.127. The first kappa shape index (κ1) is 5.81. The summed E-state index contributed by atoms with van der Waals surface area (Å²) in [6.07, 6.45) is 2.97. The predicted octanol–water partition coefficient (Wildman–Crippen LogP) is 0.743. The number of hydrogen-bond donors (Lipinski definition) is 0. The zero-order chi connectivity index (χ0) is 6.53. The van der Waals surface area contributed by atoms with Gasteiger partial charge in [0.15, 0.2) is 0 Å². The molecule has 0 radical (unpaired) electrons. The molecule has 1 rings (SSSR count). The first-order chi connectivity index (χ1) is 4.43. The molecule has 4 nitrogen and oxygen atoms in total. The van der Waals surface area contributed by atoms with Crippen LogP contribution in [-0.2, 0) is 6.54 Å². The molecule has 9 heavy (non-hydrogen) atoms. The van der Waals surface area contributed by atoms with E-state index < -0.39 is 0 Å². The third-order valence-electron chi connectivity index (χ3n) is 0.870. The fraction of sp³-hybridized carbons (Fsp3) is 0.200. The molecule has 0 bridgehead atoms. The molecule has 0 saturated carbocycles. The lowest BCUT2D eigenvalue weighted by molar-refractivity contribution is 0.956. The van der Waals surface area contributed by atoms with Crippen molar-refractivity contribution in [3.63, 3.8) is 0 Å². The smallest absolute Gasteiger partial charge is 0.123 e. The van der Waals surface area contributed by atoms with Crippen LogP contribution in [0.4, 0.5) is 0 Å². The minimum Gasteiger partial charge on any atom is -0.245 e. The van der Waals surface area contributed by atoms with Gasteiger partial charge in [-0.05, 0) is 6.07 Å². The van der Waals surface area contributed by atoms with E-state index in [1.54, 1.807) is 12.3 Å². The van der Waals surface area contributed by atoms with Crippen molar-refractivity contribution in [3.8, 4) is 0 Å². The van der Waals surface area contributed by atoms with Gasteiger partial charge in [-0.25, -0.2) is 9.97 Å². The van der Waals surface area contributed by atoms with Gasteiger partial charge < -0.3 is 0 Å². The Kier molecular flexibility index (Phi) is 1.85. The molecule has 1 aromatic rings. The SMILES string of the molecule is O=NCc1ccncn1. The van der Waals surface area contributed by atoms with Crippen LogP contribution in [0, 0.1) is 4.91 Å². The molecule has 46 valence electrons. The normalized spacial score (nSPS) is 8.89. The molecule has 0 atom stereocenters. The molecule has 4 heteroatoms. The molecular formula is C5H5N3O. The van der Waals surface area contributed by atoms with Gasteiger partial charge in [0.25, 0.3) is 0 Å². The molecule has 1 aromatic heterocycles. The van der Waals surface area contributed by atoms with Gasteiger partial charge >= 0.3 is 0 Å². The van der Waals surface area contributed by atoms with E-state index in [0.717, 1.165) is 0 Å². The monoisotopic (exact) mass is 123 g/mol. The van der Waals surface area contributed by atoms with E-state index in [1.807, 2.05) is 0 Å². The summed E-state index contributed by atoms with van der Waals surface area (Å²) in [5.74, 6) is 0. The van der Waals surface area contributed by atoms with Crippen LogP contribution in [0.2, 0.25) is 0 Å². The summed E-state index contributed by atoms with van der Waals surface area (Å²) in [6, 6.07) is 1.65. The highest BCUT2D eigenvalue weighted by molar-refractivity contribution is 4.96. The van der Waals surface area contributed by atoms with E-state index in [4.69, 9.17) is 0 Å². The summed E-state index contributed by atoms with van der Waals surface area (Å²) in [7, 11) is 0. The minimum absolute atomic E-state index is 0.127. The quantitative estimate of drug-likeness (QED) is 0.545. The first-order valence-corrected chi connectivity index (χ1v) is 2.47. The molecule has 1 heterocycles. The van der Waals surface area contributed by atoms with Gasteiger partial charge in [-0.2, -0.15) is 4.91 Å². The van der Waals surface area contributed by atoms with Crippen LogP contribution in [0.25, 0.3) is 0 Å². The summed E-state index contributed by atoms with van der Waals surface area (Å²) in [5, 5.41) is 2.67. The van der Waals surface area contributed by atoms with E-state index in [2.05, 4.69) is 15.1 Å². The van der Waals surface area contributed by atoms with Gasteiger partial charge in [0.05, 0.1) is 5.69 Å². The Morgan fingerprint density at radius 3 is 3.11 bits per heavy atom. The van der Waals surface area contributed by atoms with Crippen molar-refractivity contribution >= 4 is 0 Å². The van der Waals surface area contributed by atoms with Crippen LogP contribution in [0.3, 0.4) is 0 Å². The number of rotatable bonds is 2. The van der Waals surface area contributed by atoms with Gasteiger partial charge in [-0.3, -0.25) is 0 Å². The van der Waals surface area contributed by atoms with Gasteiger partial charge in [-0.15, -0.1) is 0 Å². The highest BCUT2D eigenvalue weighted by atomic mass is 16.3. The van der Waals surface area contributed by atoms with E-state index in [1.165, 1.54) is 6.33 Å². The molecule has 0 fully saturated rings. The van der Waals surface area contributed by atoms with E-state index in [-0.39, 0.29) is 6.54 Å².